The minimum atomic E-state index is 0.708. The van der Waals surface area contributed by atoms with E-state index >= 15 is 0 Å². The molecule has 0 radical (unpaired) electrons. The molecule has 86 valence electrons. The molecule has 8 heteroatoms. The molecule has 0 saturated heterocycles. The summed E-state index contributed by atoms with van der Waals surface area (Å²) in [5.41, 5.74) is 0. The maximum atomic E-state index is 3.99. The van der Waals surface area contributed by atoms with Crippen LogP contribution in [0, 0.1) is 0 Å². The molecule has 0 aliphatic heterocycles. The lowest BCUT2D eigenvalue weighted by molar-refractivity contribution is 0.564. The lowest BCUT2D eigenvalue weighted by Gasteiger charge is -2.01. The molecule has 7 nitrogen and oxygen atoms in total. The Bertz CT molecular complexity index is 449. The van der Waals surface area contributed by atoms with Crippen molar-refractivity contribution < 1.29 is 0 Å². The van der Waals surface area contributed by atoms with Crippen LogP contribution in [-0.2, 0) is 19.3 Å². The van der Waals surface area contributed by atoms with Gasteiger partial charge >= 0.3 is 0 Å². The Balaban J connectivity index is 1.99. The Hall–Kier alpha value is -1.44. The molecule has 0 fully saturated rings. The fourth-order valence-corrected chi connectivity index (χ4v) is 2.07. The first kappa shape index (κ1) is 11.1. The zero-order chi connectivity index (χ0) is 11.4. The van der Waals surface area contributed by atoms with E-state index in [0.29, 0.717) is 5.75 Å². The Kier molecular flexibility index (Phi) is 3.50. The van der Waals surface area contributed by atoms with Crippen LogP contribution in [0.3, 0.4) is 0 Å². The Morgan fingerprint density at radius 2 is 2.25 bits per heavy atom. The summed E-state index contributed by atoms with van der Waals surface area (Å²) < 4.78 is 3.70. The van der Waals surface area contributed by atoms with Crippen LogP contribution < -0.4 is 0 Å². The maximum Gasteiger partial charge on any atom is 0.191 e. The summed E-state index contributed by atoms with van der Waals surface area (Å²) in [6.45, 7) is 2.95. The molecule has 0 aliphatic carbocycles. The summed E-state index contributed by atoms with van der Waals surface area (Å²) >= 11 is 1.58. The summed E-state index contributed by atoms with van der Waals surface area (Å²) in [6.07, 6.45) is 2.70. The molecule has 0 unspecified atom stereocenters. The van der Waals surface area contributed by atoms with Gasteiger partial charge in [-0.25, -0.2) is 4.68 Å². The fourth-order valence-electron chi connectivity index (χ4n) is 1.24. The predicted octanol–water partition coefficient (Wildman–Crippen LogP) is 0.504. The van der Waals surface area contributed by atoms with Crippen molar-refractivity contribution in [2.24, 2.45) is 7.05 Å². The van der Waals surface area contributed by atoms with Crippen LogP contribution in [-0.4, -0.2) is 35.0 Å². The SMILES string of the molecule is CCCn1nnnc1CSc1nncn1C. The highest BCUT2D eigenvalue weighted by molar-refractivity contribution is 7.98. The first-order valence-corrected chi connectivity index (χ1v) is 6.01. The molecule has 0 aromatic carbocycles. The molecule has 0 spiro atoms. The summed E-state index contributed by atoms with van der Waals surface area (Å²) in [5, 5.41) is 20.3. The van der Waals surface area contributed by atoms with Crippen LogP contribution in [0.4, 0.5) is 0 Å². The van der Waals surface area contributed by atoms with Gasteiger partial charge in [0, 0.05) is 13.6 Å². The van der Waals surface area contributed by atoms with Crippen molar-refractivity contribution in [2.45, 2.75) is 30.8 Å². The minimum absolute atomic E-state index is 0.708. The van der Waals surface area contributed by atoms with Gasteiger partial charge in [-0.05, 0) is 16.8 Å². The lowest BCUT2D eigenvalue weighted by atomic mass is 10.5. The molecular formula is C8H13N7S. The van der Waals surface area contributed by atoms with Gasteiger partial charge < -0.3 is 4.57 Å². The van der Waals surface area contributed by atoms with Crippen LogP contribution in [0.1, 0.15) is 19.2 Å². The van der Waals surface area contributed by atoms with Crippen molar-refractivity contribution in [3.63, 3.8) is 0 Å². The van der Waals surface area contributed by atoms with E-state index in [1.165, 1.54) is 0 Å². The van der Waals surface area contributed by atoms with Crippen LogP contribution in [0.15, 0.2) is 11.5 Å². The van der Waals surface area contributed by atoms with Gasteiger partial charge in [0.15, 0.2) is 11.0 Å². The number of hydrogen-bond acceptors (Lipinski definition) is 6. The largest absolute Gasteiger partial charge is 0.312 e. The first-order valence-electron chi connectivity index (χ1n) is 5.03. The van der Waals surface area contributed by atoms with Gasteiger partial charge in [-0.3, -0.25) is 0 Å². The molecule has 2 heterocycles. The highest BCUT2D eigenvalue weighted by Crippen LogP contribution is 2.17. The van der Waals surface area contributed by atoms with E-state index in [9.17, 15) is 0 Å². The van der Waals surface area contributed by atoms with Crippen LogP contribution in [0.25, 0.3) is 0 Å². The number of nitrogens with zero attached hydrogens (tertiary/aromatic N) is 7. The third kappa shape index (κ3) is 2.38. The fraction of sp³-hybridized carbons (Fsp3) is 0.625. The third-order valence-corrected chi connectivity index (χ3v) is 3.07. The minimum Gasteiger partial charge on any atom is -0.312 e. The van der Waals surface area contributed by atoms with E-state index in [0.717, 1.165) is 23.9 Å². The standard InChI is InChI=1S/C8H13N7S/c1-3-4-15-7(10-12-13-15)5-16-8-11-9-6-14(8)2/h6H,3-5H2,1-2H3. The molecule has 0 N–H and O–H groups in total. The molecule has 0 saturated carbocycles. The van der Waals surface area contributed by atoms with E-state index in [4.69, 9.17) is 0 Å². The lowest BCUT2D eigenvalue weighted by Crippen LogP contribution is -2.04. The molecule has 0 amide bonds. The highest BCUT2D eigenvalue weighted by atomic mass is 32.2. The van der Waals surface area contributed by atoms with Gasteiger partial charge in [0.2, 0.25) is 0 Å². The van der Waals surface area contributed by atoms with Gasteiger partial charge in [0.1, 0.15) is 6.33 Å². The smallest absolute Gasteiger partial charge is 0.191 e. The van der Waals surface area contributed by atoms with Gasteiger partial charge in [-0.1, -0.05) is 18.7 Å². The average Bonchev–Trinajstić information content (AvgIpc) is 2.86. The van der Waals surface area contributed by atoms with Crippen molar-refractivity contribution in [3.8, 4) is 0 Å². The Morgan fingerprint density at radius 1 is 1.38 bits per heavy atom. The Morgan fingerprint density at radius 3 is 2.94 bits per heavy atom. The summed E-state index contributed by atoms with van der Waals surface area (Å²) in [4.78, 5) is 0. The molecule has 0 bridgehead atoms. The number of rotatable bonds is 5. The van der Waals surface area contributed by atoms with Crippen LogP contribution in [0.5, 0.6) is 0 Å². The van der Waals surface area contributed by atoms with Gasteiger partial charge in [-0.15, -0.1) is 15.3 Å². The zero-order valence-corrected chi connectivity index (χ0v) is 10.1. The second-order valence-electron chi connectivity index (χ2n) is 3.33. The van der Waals surface area contributed by atoms with Crippen LogP contribution in [0.2, 0.25) is 0 Å². The number of thioether (sulfide) groups is 1. The maximum absolute atomic E-state index is 3.99. The van der Waals surface area contributed by atoms with E-state index < -0.39 is 0 Å². The monoisotopic (exact) mass is 239 g/mol. The molecule has 2 aromatic rings. The number of tetrazole rings is 1. The number of aromatic nitrogens is 7. The van der Waals surface area contributed by atoms with E-state index in [1.54, 1.807) is 18.1 Å². The Labute approximate surface area is 97.2 Å². The molecule has 2 aromatic heterocycles. The second kappa shape index (κ2) is 5.06. The normalized spacial score (nSPS) is 10.9. The third-order valence-electron chi connectivity index (χ3n) is 2.04. The molecule has 2 rings (SSSR count). The topological polar surface area (TPSA) is 74.3 Å². The van der Waals surface area contributed by atoms with Crippen molar-refractivity contribution in [3.05, 3.63) is 12.2 Å². The van der Waals surface area contributed by atoms with E-state index in [-0.39, 0.29) is 0 Å². The van der Waals surface area contributed by atoms with Crippen molar-refractivity contribution in [1.29, 1.82) is 0 Å². The summed E-state index contributed by atoms with van der Waals surface area (Å²) in [7, 11) is 1.91. The predicted molar refractivity (Wildman–Crippen MR) is 58.7 cm³/mol. The molecular weight excluding hydrogens is 226 g/mol. The summed E-state index contributed by atoms with van der Waals surface area (Å²) in [6, 6.07) is 0. The average molecular weight is 239 g/mol. The first-order chi connectivity index (χ1) is 7.81. The highest BCUT2D eigenvalue weighted by Gasteiger charge is 2.08. The number of aryl methyl sites for hydroxylation is 2. The van der Waals surface area contributed by atoms with Crippen molar-refractivity contribution in [2.75, 3.05) is 0 Å². The van der Waals surface area contributed by atoms with Crippen LogP contribution >= 0.6 is 11.8 Å². The second-order valence-corrected chi connectivity index (χ2v) is 4.27. The summed E-state index contributed by atoms with van der Waals surface area (Å²) in [5.74, 6) is 1.58. The van der Waals surface area contributed by atoms with Crippen molar-refractivity contribution >= 4 is 11.8 Å². The van der Waals surface area contributed by atoms with Crippen molar-refractivity contribution in [1.82, 2.24) is 35.0 Å². The van der Waals surface area contributed by atoms with E-state index in [2.05, 4.69) is 32.6 Å². The quantitative estimate of drug-likeness (QED) is 0.707. The molecule has 16 heavy (non-hydrogen) atoms. The molecule has 0 aliphatic rings. The number of hydrogen-bond donors (Lipinski definition) is 0. The van der Waals surface area contributed by atoms with Gasteiger partial charge in [-0.2, -0.15) is 0 Å². The van der Waals surface area contributed by atoms with Gasteiger partial charge in [0.25, 0.3) is 0 Å². The van der Waals surface area contributed by atoms with E-state index in [1.807, 2.05) is 16.3 Å². The zero-order valence-electron chi connectivity index (χ0n) is 9.24. The van der Waals surface area contributed by atoms with Gasteiger partial charge in [0.05, 0.1) is 5.75 Å². The molecule has 0 atom stereocenters.